The number of unbranched alkanes of at least 4 members (excludes halogenated alkanes) is 14. The number of hydrogen-bond donors (Lipinski definition) is 0. The molecule has 0 atom stereocenters. The molecular formula is C22H37Cl. The molecule has 0 aromatic rings. The molecule has 0 aliphatic heterocycles. The van der Waals surface area contributed by atoms with Crippen molar-refractivity contribution in [2.45, 2.75) is 110 Å². The minimum Gasteiger partial charge on any atom is -0.127 e. The van der Waals surface area contributed by atoms with E-state index in [1.54, 1.807) is 0 Å². The molecule has 0 saturated carbocycles. The van der Waals surface area contributed by atoms with E-state index in [1.165, 1.54) is 89.9 Å². The lowest BCUT2D eigenvalue weighted by Gasteiger charge is -1.98. The van der Waals surface area contributed by atoms with Crippen LogP contribution in [0.2, 0.25) is 0 Å². The maximum atomic E-state index is 5.66. The first-order valence-electron chi connectivity index (χ1n) is 9.93. The van der Waals surface area contributed by atoms with Gasteiger partial charge in [0.15, 0.2) is 0 Å². The maximum absolute atomic E-state index is 5.66. The smallest absolute Gasteiger partial charge is 0.0223 e. The van der Waals surface area contributed by atoms with Crippen LogP contribution < -0.4 is 0 Å². The summed E-state index contributed by atoms with van der Waals surface area (Å²) in [4.78, 5) is 0. The summed E-state index contributed by atoms with van der Waals surface area (Å²) in [6.07, 6.45) is 20.5. The van der Waals surface area contributed by atoms with Gasteiger partial charge in [-0.1, -0.05) is 89.4 Å². The lowest BCUT2D eigenvalue weighted by Crippen LogP contribution is -1.81. The summed E-state index contributed by atoms with van der Waals surface area (Å²) in [5, 5.41) is 0. The van der Waals surface area contributed by atoms with Crippen LogP contribution in [0.25, 0.3) is 0 Å². The molecule has 0 amide bonds. The van der Waals surface area contributed by atoms with Crippen LogP contribution in [0.1, 0.15) is 110 Å². The Labute approximate surface area is 151 Å². The van der Waals surface area contributed by atoms with Gasteiger partial charge in [-0.2, -0.15) is 0 Å². The van der Waals surface area contributed by atoms with Crippen molar-refractivity contribution in [1.29, 1.82) is 0 Å². The van der Waals surface area contributed by atoms with Gasteiger partial charge >= 0.3 is 0 Å². The molecule has 0 saturated heterocycles. The molecule has 0 heterocycles. The van der Waals surface area contributed by atoms with E-state index in [2.05, 4.69) is 30.6 Å². The van der Waals surface area contributed by atoms with E-state index in [0.29, 0.717) is 0 Å². The zero-order valence-corrected chi connectivity index (χ0v) is 16.2. The first kappa shape index (κ1) is 22.4. The van der Waals surface area contributed by atoms with Crippen LogP contribution in [-0.2, 0) is 0 Å². The third kappa shape index (κ3) is 21.4. The molecule has 0 aromatic heterocycles. The van der Waals surface area contributed by atoms with Gasteiger partial charge in [-0.3, -0.25) is 0 Å². The molecule has 132 valence electrons. The summed E-state index contributed by atoms with van der Waals surface area (Å²) in [5.41, 5.74) is 0. The molecule has 23 heavy (non-hydrogen) atoms. The standard InChI is InChI=1S/C22H37Cl/c1-2-3-4-5-6-7-8-9-10-11-12-13-14-15-16-17-18-19-20-21-22-23/h2-9,14-22H2,1H3. The van der Waals surface area contributed by atoms with Gasteiger partial charge in [0.2, 0.25) is 0 Å². The van der Waals surface area contributed by atoms with E-state index >= 15 is 0 Å². The normalized spacial score (nSPS) is 9.83. The minimum absolute atomic E-state index is 0.815. The molecule has 0 unspecified atom stereocenters. The Morgan fingerprint density at radius 1 is 0.522 bits per heavy atom. The lowest BCUT2D eigenvalue weighted by molar-refractivity contribution is 0.594. The molecule has 0 fully saturated rings. The second-order valence-corrected chi connectivity index (χ2v) is 6.77. The summed E-state index contributed by atoms with van der Waals surface area (Å²) >= 11 is 5.66. The minimum atomic E-state index is 0.815. The highest BCUT2D eigenvalue weighted by Gasteiger charge is 1.90. The zero-order chi connectivity index (χ0) is 16.8. The summed E-state index contributed by atoms with van der Waals surface area (Å²) < 4.78 is 0. The van der Waals surface area contributed by atoms with Crippen LogP contribution in [0, 0.1) is 23.7 Å². The second kappa shape index (κ2) is 21.4. The Bertz CT molecular complexity index is 336. The molecule has 0 N–H and O–H groups in total. The van der Waals surface area contributed by atoms with Crippen molar-refractivity contribution in [3.8, 4) is 23.7 Å². The Balaban J connectivity index is 3.23. The van der Waals surface area contributed by atoms with Crippen LogP contribution in [0.3, 0.4) is 0 Å². The second-order valence-electron chi connectivity index (χ2n) is 6.39. The molecule has 0 aliphatic carbocycles. The first-order valence-corrected chi connectivity index (χ1v) is 10.5. The third-order valence-electron chi connectivity index (χ3n) is 4.08. The first-order chi connectivity index (χ1) is 11.4. The van der Waals surface area contributed by atoms with Gasteiger partial charge < -0.3 is 0 Å². The fourth-order valence-corrected chi connectivity index (χ4v) is 2.76. The van der Waals surface area contributed by atoms with E-state index in [-0.39, 0.29) is 0 Å². The lowest BCUT2D eigenvalue weighted by atomic mass is 10.1. The molecule has 0 nitrogen and oxygen atoms in total. The van der Waals surface area contributed by atoms with Crippen molar-refractivity contribution >= 4 is 11.6 Å². The highest BCUT2D eigenvalue weighted by atomic mass is 35.5. The van der Waals surface area contributed by atoms with Gasteiger partial charge in [0, 0.05) is 18.7 Å². The van der Waals surface area contributed by atoms with Crippen molar-refractivity contribution in [1.82, 2.24) is 0 Å². The maximum Gasteiger partial charge on any atom is 0.0223 e. The van der Waals surface area contributed by atoms with Crippen molar-refractivity contribution < 1.29 is 0 Å². The van der Waals surface area contributed by atoms with Crippen LogP contribution in [0.4, 0.5) is 0 Å². The Morgan fingerprint density at radius 2 is 0.913 bits per heavy atom. The van der Waals surface area contributed by atoms with E-state index in [1.807, 2.05) is 0 Å². The predicted octanol–water partition coefficient (Wildman–Crippen LogP) is 7.49. The van der Waals surface area contributed by atoms with E-state index in [4.69, 9.17) is 11.6 Å². The van der Waals surface area contributed by atoms with Gasteiger partial charge in [-0.25, -0.2) is 0 Å². The van der Waals surface area contributed by atoms with Crippen LogP contribution in [0.5, 0.6) is 0 Å². The molecule has 0 radical (unpaired) electrons. The van der Waals surface area contributed by atoms with Gasteiger partial charge in [0.1, 0.15) is 0 Å². The van der Waals surface area contributed by atoms with Crippen molar-refractivity contribution in [3.05, 3.63) is 0 Å². The fraction of sp³-hybridized carbons (Fsp3) is 0.818. The monoisotopic (exact) mass is 336 g/mol. The summed E-state index contributed by atoms with van der Waals surface area (Å²) in [6, 6.07) is 0. The number of rotatable bonds is 15. The molecule has 0 bridgehead atoms. The number of halogens is 1. The van der Waals surface area contributed by atoms with Gasteiger partial charge in [0.05, 0.1) is 0 Å². The van der Waals surface area contributed by atoms with Crippen LogP contribution in [-0.4, -0.2) is 5.88 Å². The van der Waals surface area contributed by atoms with Crippen LogP contribution in [0.15, 0.2) is 0 Å². The highest BCUT2D eigenvalue weighted by Crippen LogP contribution is 2.09. The van der Waals surface area contributed by atoms with Crippen molar-refractivity contribution in [3.63, 3.8) is 0 Å². The summed E-state index contributed by atoms with van der Waals surface area (Å²) in [5.74, 6) is 13.2. The average Bonchev–Trinajstić information content (AvgIpc) is 2.57. The van der Waals surface area contributed by atoms with E-state index < -0.39 is 0 Å². The SMILES string of the molecule is CCCCCCCCCC#CC#CCCCCCCCCCCl. The number of alkyl halides is 1. The quantitative estimate of drug-likeness (QED) is 0.165. The number of hydrogen-bond acceptors (Lipinski definition) is 0. The molecule has 0 spiro atoms. The van der Waals surface area contributed by atoms with E-state index in [9.17, 15) is 0 Å². The van der Waals surface area contributed by atoms with Crippen molar-refractivity contribution in [2.24, 2.45) is 0 Å². The third-order valence-corrected chi connectivity index (χ3v) is 4.35. The molecule has 0 aliphatic rings. The van der Waals surface area contributed by atoms with Crippen LogP contribution >= 0.6 is 11.6 Å². The Morgan fingerprint density at radius 3 is 1.35 bits per heavy atom. The Hall–Kier alpha value is -0.590. The summed E-state index contributed by atoms with van der Waals surface area (Å²) in [6.45, 7) is 2.27. The van der Waals surface area contributed by atoms with Gasteiger partial charge in [0.25, 0.3) is 0 Å². The Kier molecular flexibility index (Phi) is 20.9. The largest absolute Gasteiger partial charge is 0.127 e. The molecule has 1 heteroatoms. The molecule has 0 aromatic carbocycles. The zero-order valence-electron chi connectivity index (χ0n) is 15.4. The van der Waals surface area contributed by atoms with E-state index in [0.717, 1.165) is 18.7 Å². The molecular weight excluding hydrogens is 300 g/mol. The molecule has 0 rings (SSSR count). The average molecular weight is 337 g/mol. The topological polar surface area (TPSA) is 0 Å². The summed E-state index contributed by atoms with van der Waals surface area (Å²) in [7, 11) is 0. The van der Waals surface area contributed by atoms with Gasteiger partial charge in [-0.05, 0) is 31.1 Å². The van der Waals surface area contributed by atoms with Gasteiger partial charge in [-0.15, -0.1) is 11.6 Å². The highest BCUT2D eigenvalue weighted by molar-refractivity contribution is 6.17. The fourth-order valence-electron chi connectivity index (χ4n) is 2.58. The predicted molar refractivity (Wildman–Crippen MR) is 106 cm³/mol. The van der Waals surface area contributed by atoms with Crippen molar-refractivity contribution in [2.75, 3.05) is 5.88 Å².